The summed E-state index contributed by atoms with van der Waals surface area (Å²) in [5, 5.41) is 2.68. The Kier molecular flexibility index (Phi) is 7.70. The highest BCUT2D eigenvalue weighted by Crippen LogP contribution is 2.34. The lowest BCUT2D eigenvalue weighted by Crippen LogP contribution is -2.20. The van der Waals surface area contributed by atoms with Crippen molar-refractivity contribution in [2.75, 3.05) is 0 Å². The molecule has 0 amide bonds. The molecule has 0 aliphatic heterocycles. The zero-order valence-corrected chi connectivity index (χ0v) is 19.0. The molecule has 156 valence electrons. The van der Waals surface area contributed by atoms with Crippen LogP contribution in [0, 0.1) is 0 Å². The van der Waals surface area contributed by atoms with Crippen LogP contribution in [0.5, 0.6) is 0 Å². The van der Waals surface area contributed by atoms with E-state index in [1.807, 2.05) is 0 Å². The molecule has 2 nitrogen and oxygen atoms in total. The van der Waals surface area contributed by atoms with Gasteiger partial charge in [-0.3, -0.25) is 0 Å². The molecular formula is C26H42N2. The van der Waals surface area contributed by atoms with Gasteiger partial charge in [0.05, 0.1) is 0 Å². The molecule has 2 aromatic rings. The Balaban J connectivity index is 2.17. The second-order valence-electron chi connectivity index (χ2n) is 10.3. The molecule has 0 spiro atoms. The fraction of sp³-hybridized carbons (Fsp3) is 0.615. The van der Waals surface area contributed by atoms with E-state index < -0.39 is 0 Å². The van der Waals surface area contributed by atoms with Crippen molar-refractivity contribution in [2.24, 2.45) is 11.5 Å². The van der Waals surface area contributed by atoms with Gasteiger partial charge in [-0.05, 0) is 72.3 Å². The molecule has 4 N–H and O–H groups in total. The third-order valence-electron chi connectivity index (χ3n) is 6.33. The molecule has 28 heavy (non-hydrogen) atoms. The molecule has 2 aromatic carbocycles. The lowest BCUT2D eigenvalue weighted by molar-refractivity contribution is 0.439. The van der Waals surface area contributed by atoms with Crippen molar-refractivity contribution in [1.82, 2.24) is 0 Å². The maximum absolute atomic E-state index is 5.92. The average Bonchev–Trinajstić information content (AvgIpc) is 2.59. The minimum atomic E-state index is 0.180. The van der Waals surface area contributed by atoms with E-state index in [1.165, 1.54) is 47.6 Å². The van der Waals surface area contributed by atoms with Gasteiger partial charge < -0.3 is 11.5 Å². The predicted molar refractivity (Wildman–Crippen MR) is 125 cm³/mol. The zero-order valence-electron chi connectivity index (χ0n) is 19.0. The van der Waals surface area contributed by atoms with Crippen molar-refractivity contribution in [3.8, 4) is 0 Å². The molecule has 2 unspecified atom stereocenters. The van der Waals surface area contributed by atoms with Crippen LogP contribution in [0.4, 0.5) is 0 Å². The fourth-order valence-corrected chi connectivity index (χ4v) is 4.11. The van der Waals surface area contributed by atoms with E-state index >= 15 is 0 Å². The first-order chi connectivity index (χ1) is 13.0. The second-order valence-corrected chi connectivity index (χ2v) is 10.3. The highest BCUT2D eigenvalue weighted by Gasteiger charge is 2.22. The molecular weight excluding hydrogens is 340 g/mol. The van der Waals surface area contributed by atoms with Crippen LogP contribution >= 0.6 is 0 Å². The summed E-state index contributed by atoms with van der Waals surface area (Å²) in [4.78, 5) is 0. The van der Waals surface area contributed by atoms with Crippen molar-refractivity contribution in [3.05, 3.63) is 47.5 Å². The third kappa shape index (κ3) is 6.32. The molecule has 2 rings (SSSR count). The molecule has 0 saturated carbocycles. The Labute approximate surface area is 173 Å². The molecule has 0 bridgehead atoms. The van der Waals surface area contributed by atoms with Gasteiger partial charge in [-0.15, -0.1) is 0 Å². The van der Waals surface area contributed by atoms with Crippen LogP contribution < -0.4 is 11.5 Å². The first-order valence-corrected chi connectivity index (χ1v) is 11.1. The summed E-state index contributed by atoms with van der Waals surface area (Å²) in [7, 11) is 0. The first-order valence-electron chi connectivity index (χ1n) is 11.1. The van der Waals surface area contributed by atoms with Gasteiger partial charge in [0.25, 0.3) is 0 Å². The van der Waals surface area contributed by atoms with Crippen molar-refractivity contribution < 1.29 is 0 Å². The largest absolute Gasteiger partial charge is 0.328 e. The molecule has 0 aromatic heterocycles. The highest BCUT2D eigenvalue weighted by atomic mass is 14.6. The molecule has 0 radical (unpaired) electrons. The predicted octanol–water partition coefficient (Wildman–Crippen LogP) is 6.43. The topological polar surface area (TPSA) is 52.0 Å². The van der Waals surface area contributed by atoms with Gasteiger partial charge in [-0.1, -0.05) is 76.9 Å². The molecule has 0 aliphatic carbocycles. The summed E-state index contributed by atoms with van der Waals surface area (Å²) in [6.45, 7) is 13.6. The summed E-state index contributed by atoms with van der Waals surface area (Å²) in [6.07, 6.45) is 6.89. The maximum atomic E-state index is 5.92. The van der Waals surface area contributed by atoms with Gasteiger partial charge in [0.15, 0.2) is 0 Å². The molecule has 0 heterocycles. The molecule has 2 atom stereocenters. The summed E-state index contributed by atoms with van der Waals surface area (Å²) >= 11 is 0. The minimum Gasteiger partial charge on any atom is -0.328 e. The van der Waals surface area contributed by atoms with Gasteiger partial charge >= 0.3 is 0 Å². The van der Waals surface area contributed by atoms with Crippen LogP contribution in [-0.2, 0) is 10.8 Å². The highest BCUT2D eigenvalue weighted by molar-refractivity contribution is 5.84. The van der Waals surface area contributed by atoms with Crippen molar-refractivity contribution in [1.29, 1.82) is 0 Å². The number of benzene rings is 2. The number of hydrogen-bond donors (Lipinski definition) is 2. The smallest absolute Gasteiger partial charge is 0.00104 e. The Hall–Kier alpha value is -1.38. The van der Waals surface area contributed by atoms with Crippen molar-refractivity contribution in [3.63, 3.8) is 0 Å². The Morgan fingerprint density at radius 3 is 1.36 bits per heavy atom. The third-order valence-corrected chi connectivity index (χ3v) is 6.33. The van der Waals surface area contributed by atoms with Gasteiger partial charge in [-0.2, -0.15) is 0 Å². The van der Waals surface area contributed by atoms with Gasteiger partial charge in [0.2, 0.25) is 0 Å². The summed E-state index contributed by atoms with van der Waals surface area (Å²) in [6, 6.07) is 14.6. The lowest BCUT2D eigenvalue weighted by Gasteiger charge is -2.28. The summed E-state index contributed by atoms with van der Waals surface area (Å²) < 4.78 is 0. The van der Waals surface area contributed by atoms with Gasteiger partial charge in [-0.25, -0.2) is 0 Å². The number of hydrogen-bond acceptors (Lipinski definition) is 2. The van der Waals surface area contributed by atoms with Crippen LogP contribution in [-0.4, -0.2) is 12.1 Å². The average molecular weight is 383 g/mol. The van der Waals surface area contributed by atoms with E-state index in [-0.39, 0.29) is 10.8 Å². The van der Waals surface area contributed by atoms with Crippen molar-refractivity contribution in [2.45, 2.75) is 103 Å². The van der Waals surface area contributed by atoms with Crippen LogP contribution in [0.1, 0.15) is 91.2 Å². The van der Waals surface area contributed by atoms with Crippen molar-refractivity contribution >= 4 is 10.8 Å². The summed E-state index contributed by atoms with van der Waals surface area (Å²) in [5.74, 6) is 0. The van der Waals surface area contributed by atoms with Gasteiger partial charge in [0, 0.05) is 12.1 Å². The Morgan fingerprint density at radius 1 is 0.679 bits per heavy atom. The van der Waals surface area contributed by atoms with Crippen LogP contribution in [0.2, 0.25) is 0 Å². The lowest BCUT2D eigenvalue weighted by atomic mass is 9.77. The van der Waals surface area contributed by atoms with Crippen LogP contribution in [0.25, 0.3) is 10.8 Å². The summed E-state index contributed by atoms with van der Waals surface area (Å²) in [5.41, 5.74) is 15.1. The Morgan fingerprint density at radius 2 is 1.04 bits per heavy atom. The quantitative estimate of drug-likeness (QED) is 0.497. The maximum Gasteiger partial charge on any atom is 0.00104 e. The second kappa shape index (κ2) is 9.41. The van der Waals surface area contributed by atoms with E-state index in [9.17, 15) is 0 Å². The minimum absolute atomic E-state index is 0.180. The first kappa shape index (κ1) is 22.9. The molecule has 0 aliphatic rings. The molecule has 0 fully saturated rings. The normalized spacial score (nSPS) is 15.0. The zero-order chi connectivity index (χ0) is 20.9. The number of nitrogens with two attached hydrogens (primary N) is 2. The molecule has 0 saturated heterocycles. The molecule has 2 heteroatoms. The van der Waals surface area contributed by atoms with Crippen LogP contribution in [0.3, 0.4) is 0 Å². The number of fused-ring (bicyclic) bond motifs is 1. The van der Waals surface area contributed by atoms with Gasteiger partial charge in [0.1, 0.15) is 0 Å². The monoisotopic (exact) mass is 382 g/mol. The van der Waals surface area contributed by atoms with Crippen LogP contribution in [0.15, 0.2) is 36.4 Å². The Bertz CT molecular complexity index is 691. The van der Waals surface area contributed by atoms with E-state index in [4.69, 9.17) is 11.5 Å². The number of rotatable bonds is 10. The SMILES string of the molecule is CC(N)CCCC(C)(C)c1ccc2cc(C(C)(C)CCCC(C)N)ccc2c1. The fourth-order valence-electron chi connectivity index (χ4n) is 4.11. The van der Waals surface area contributed by atoms with E-state index in [2.05, 4.69) is 77.9 Å². The van der Waals surface area contributed by atoms with E-state index in [1.54, 1.807) is 0 Å². The van der Waals surface area contributed by atoms with E-state index in [0.717, 1.165) is 12.8 Å². The van der Waals surface area contributed by atoms with E-state index in [0.29, 0.717) is 12.1 Å². The standard InChI is InChI=1S/C26H42N2/c1-19(27)9-7-15-25(3,4)23-13-11-22-18-24(14-12-21(22)17-23)26(5,6)16-8-10-20(2)28/h11-14,17-20H,7-10,15-16,27-28H2,1-6H3.